The van der Waals surface area contributed by atoms with Gasteiger partial charge in [0.05, 0.1) is 16.6 Å². The maximum Gasteiger partial charge on any atom is 0.266 e. The van der Waals surface area contributed by atoms with E-state index in [-0.39, 0.29) is 11.3 Å². The van der Waals surface area contributed by atoms with Crippen LogP contribution in [-0.2, 0) is 5.75 Å². The predicted molar refractivity (Wildman–Crippen MR) is 118 cm³/mol. The zero-order chi connectivity index (χ0) is 21.3. The van der Waals surface area contributed by atoms with Gasteiger partial charge in [0.15, 0.2) is 5.16 Å². The summed E-state index contributed by atoms with van der Waals surface area (Å²) < 4.78 is 28.6. The minimum Gasteiger partial charge on any atom is -0.378 e. The molecule has 0 N–H and O–H groups in total. The van der Waals surface area contributed by atoms with Crippen LogP contribution in [0.3, 0.4) is 0 Å². The molecule has 0 spiro atoms. The van der Waals surface area contributed by atoms with Gasteiger partial charge in [0.1, 0.15) is 11.6 Å². The highest BCUT2D eigenvalue weighted by Gasteiger charge is 2.14. The molecule has 0 bridgehead atoms. The molecule has 0 fully saturated rings. The third-order valence-electron chi connectivity index (χ3n) is 4.66. The molecule has 4 nitrogen and oxygen atoms in total. The minimum atomic E-state index is -0.631. The van der Waals surface area contributed by atoms with Crippen LogP contribution < -0.4 is 10.5 Å². The summed E-state index contributed by atoms with van der Waals surface area (Å²) in [7, 11) is 3.89. The summed E-state index contributed by atoms with van der Waals surface area (Å²) in [5, 5.41) is 0.969. The fourth-order valence-corrected chi connectivity index (χ4v) is 4.12. The number of nitrogens with zero attached hydrogens (tertiary/aromatic N) is 3. The second kappa shape index (κ2) is 8.28. The minimum absolute atomic E-state index is 0.189. The number of hydrogen-bond acceptors (Lipinski definition) is 4. The number of hydrogen-bond donors (Lipinski definition) is 0. The molecule has 0 aliphatic carbocycles. The Morgan fingerprint density at radius 2 is 1.63 bits per heavy atom. The molecule has 0 saturated heterocycles. The molecule has 0 aliphatic rings. The van der Waals surface area contributed by atoms with Gasteiger partial charge in [-0.3, -0.25) is 9.36 Å². The lowest BCUT2D eigenvalue weighted by atomic mass is 10.2. The number of rotatable bonds is 5. The molecular weight excluding hydrogens is 404 g/mol. The van der Waals surface area contributed by atoms with Gasteiger partial charge in [-0.25, -0.2) is 13.8 Å². The van der Waals surface area contributed by atoms with Gasteiger partial charge in [0.25, 0.3) is 5.56 Å². The molecule has 1 aromatic heterocycles. The summed E-state index contributed by atoms with van der Waals surface area (Å²) >= 11 is 1.26. The SMILES string of the molecule is CN(C)c1ccc(-n2c(SCc3cc(F)cc(F)c3)nc3ccccc3c2=O)cc1. The number of benzene rings is 3. The molecular formula is C23H19F2N3OS. The van der Waals surface area contributed by atoms with Crippen LogP contribution >= 0.6 is 11.8 Å². The van der Waals surface area contributed by atoms with Crippen molar-refractivity contribution >= 4 is 28.4 Å². The number of fused-ring (bicyclic) bond motifs is 1. The molecule has 1 heterocycles. The van der Waals surface area contributed by atoms with Gasteiger partial charge in [0, 0.05) is 31.6 Å². The number of para-hydroxylation sites is 1. The molecule has 3 aromatic carbocycles. The van der Waals surface area contributed by atoms with E-state index in [1.807, 2.05) is 49.3 Å². The number of halogens is 2. The van der Waals surface area contributed by atoms with Crippen LogP contribution in [0, 0.1) is 11.6 Å². The van der Waals surface area contributed by atoms with Crippen molar-refractivity contribution in [1.29, 1.82) is 0 Å². The van der Waals surface area contributed by atoms with Gasteiger partial charge < -0.3 is 4.90 Å². The van der Waals surface area contributed by atoms with Gasteiger partial charge in [-0.2, -0.15) is 0 Å². The third kappa shape index (κ3) is 4.07. The Labute approximate surface area is 176 Å². The molecule has 0 atom stereocenters. The van der Waals surface area contributed by atoms with Crippen molar-refractivity contribution in [3.05, 3.63) is 94.3 Å². The van der Waals surface area contributed by atoms with Crippen molar-refractivity contribution in [3.8, 4) is 5.69 Å². The quantitative estimate of drug-likeness (QED) is 0.334. The smallest absolute Gasteiger partial charge is 0.266 e. The summed E-state index contributed by atoms with van der Waals surface area (Å²) in [6.45, 7) is 0. The highest BCUT2D eigenvalue weighted by molar-refractivity contribution is 7.98. The van der Waals surface area contributed by atoms with Crippen LogP contribution in [0.2, 0.25) is 0 Å². The van der Waals surface area contributed by atoms with Gasteiger partial charge in [0.2, 0.25) is 0 Å². The number of thioether (sulfide) groups is 1. The van der Waals surface area contributed by atoms with Crippen molar-refractivity contribution in [2.24, 2.45) is 0 Å². The Morgan fingerprint density at radius 1 is 0.967 bits per heavy atom. The van der Waals surface area contributed by atoms with E-state index < -0.39 is 11.6 Å². The lowest BCUT2D eigenvalue weighted by molar-refractivity contribution is 0.581. The Balaban J connectivity index is 1.80. The lowest BCUT2D eigenvalue weighted by Gasteiger charge is -2.16. The topological polar surface area (TPSA) is 38.1 Å². The Bertz CT molecular complexity index is 1250. The van der Waals surface area contributed by atoms with Crippen molar-refractivity contribution in [2.45, 2.75) is 10.9 Å². The van der Waals surface area contributed by atoms with Crippen LogP contribution in [0.25, 0.3) is 16.6 Å². The summed E-state index contributed by atoms with van der Waals surface area (Å²) in [5.74, 6) is -0.989. The molecule has 0 aliphatic heterocycles. The fraction of sp³-hybridized carbons (Fsp3) is 0.130. The van der Waals surface area contributed by atoms with Crippen molar-refractivity contribution in [2.75, 3.05) is 19.0 Å². The zero-order valence-electron chi connectivity index (χ0n) is 16.5. The van der Waals surface area contributed by atoms with Crippen molar-refractivity contribution in [1.82, 2.24) is 9.55 Å². The summed E-state index contributed by atoms with van der Waals surface area (Å²) in [6, 6.07) is 18.1. The number of anilines is 1. The van der Waals surface area contributed by atoms with Crippen molar-refractivity contribution < 1.29 is 8.78 Å². The summed E-state index contributed by atoms with van der Waals surface area (Å²) in [5.41, 5.74) is 2.55. The monoisotopic (exact) mass is 423 g/mol. The van der Waals surface area contributed by atoms with E-state index in [1.54, 1.807) is 22.8 Å². The molecule has 0 amide bonds. The Morgan fingerprint density at radius 3 is 2.30 bits per heavy atom. The van der Waals surface area contributed by atoms with E-state index in [4.69, 9.17) is 0 Å². The summed E-state index contributed by atoms with van der Waals surface area (Å²) in [4.78, 5) is 19.9. The van der Waals surface area contributed by atoms with Gasteiger partial charge in [-0.15, -0.1) is 0 Å². The molecule has 0 unspecified atom stereocenters. The third-order valence-corrected chi connectivity index (χ3v) is 5.67. The second-order valence-corrected chi connectivity index (χ2v) is 7.97. The second-order valence-electron chi connectivity index (χ2n) is 7.03. The van der Waals surface area contributed by atoms with E-state index >= 15 is 0 Å². The fourth-order valence-electron chi connectivity index (χ4n) is 3.18. The van der Waals surface area contributed by atoms with E-state index in [9.17, 15) is 13.6 Å². The first-order chi connectivity index (χ1) is 14.4. The number of aromatic nitrogens is 2. The Hall–Kier alpha value is -3.19. The molecule has 7 heteroatoms. The molecule has 4 rings (SSSR count). The maximum absolute atomic E-state index is 13.5. The van der Waals surface area contributed by atoms with Gasteiger partial charge >= 0.3 is 0 Å². The maximum atomic E-state index is 13.5. The summed E-state index contributed by atoms with van der Waals surface area (Å²) in [6.07, 6.45) is 0. The molecule has 0 radical (unpaired) electrons. The van der Waals surface area contributed by atoms with Crippen LogP contribution in [-0.4, -0.2) is 23.6 Å². The van der Waals surface area contributed by atoms with Crippen LogP contribution in [0.15, 0.2) is 76.7 Å². The largest absolute Gasteiger partial charge is 0.378 e. The van der Waals surface area contributed by atoms with Crippen LogP contribution in [0.1, 0.15) is 5.56 Å². The Kier molecular flexibility index (Phi) is 5.55. The van der Waals surface area contributed by atoms with Crippen molar-refractivity contribution in [3.63, 3.8) is 0 Å². The van der Waals surface area contributed by atoms with E-state index in [2.05, 4.69) is 4.98 Å². The molecule has 4 aromatic rings. The first-order valence-corrected chi connectivity index (χ1v) is 10.3. The average Bonchev–Trinajstić information content (AvgIpc) is 2.72. The first kappa shape index (κ1) is 20.1. The normalized spacial score (nSPS) is 11.1. The standard InChI is InChI=1S/C23H19F2N3OS/c1-27(2)18-7-9-19(10-8-18)28-22(29)20-5-3-4-6-21(20)26-23(28)30-14-15-11-16(24)13-17(25)12-15/h3-13H,14H2,1-2H3. The predicted octanol–water partition coefficient (Wildman–Crippen LogP) is 5.02. The van der Waals surface area contributed by atoms with Crippen LogP contribution in [0.5, 0.6) is 0 Å². The van der Waals surface area contributed by atoms with E-state index in [1.165, 1.54) is 23.9 Å². The highest BCUT2D eigenvalue weighted by Crippen LogP contribution is 2.26. The first-order valence-electron chi connectivity index (χ1n) is 9.30. The zero-order valence-corrected chi connectivity index (χ0v) is 17.3. The van der Waals surface area contributed by atoms with Gasteiger partial charge in [-0.1, -0.05) is 23.9 Å². The molecule has 152 valence electrons. The van der Waals surface area contributed by atoms with Gasteiger partial charge in [-0.05, 0) is 54.1 Å². The average molecular weight is 423 g/mol. The van der Waals surface area contributed by atoms with Crippen LogP contribution in [0.4, 0.5) is 14.5 Å². The molecule has 0 saturated carbocycles. The lowest BCUT2D eigenvalue weighted by Crippen LogP contribution is -2.22. The highest BCUT2D eigenvalue weighted by atomic mass is 32.2. The van der Waals surface area contributed by atoms with E-state index in [0.29, 0.717) is 27.3 Å². The van der Waals surface area contributed by atoms with E-state index in [0.717, 1.165) is 11.8 Å². The molecule has 30 heavy (non-hydrogen) atoms.